The summed E-state index contributed by atoms with van der Waals surface area (Å²) in [5, 5.41) is 0. The van der Waals surface area contributed by atoms with Crippen LogP contribution >= 0.6 is 0 Å². The summed E-state index contributed by atoms with van der Waals surface area (Å²) in [4.78, 5) is 23.5. The Kier molecular flexibility index (Phi) is 5.86. The molecule has 18 heavy (non-hydrogen) atoms. The molecule has 0 aliphatic heterocycles. The van der Waals surface area contributed by atoms with Crippen LogP contribution in [-0.4, -0.2) is 34.3 Å². The van der Waals surface area contributed by atoms with Crippen molar-refractivity contribution in [1.82, 2.24) is 0 Å². The average molecular weight is 262 g/mol. The molecule has 0 heterocycles. The summed E-state index contributed by atoms with van der Waals surface area (Å²) < 4.78 is 9.93. The van der Waals surface area contributed by atoms with Gasteiger partial charge in [-0.1, -0.05) is 31.3 Å². The normalized spacial score (nSPS) is 9.61. The molecular formula is C13H14O4Si. The Morgan fingerprint density at radius 3 is 2.28 bits per heavy atom. The van der Waals surface area contributed by atoms with Crippen molar-refractivity contribution in [1.29, 1.82) is 0 Å². The first-order valence-electron chi connectivity index (χ1n) is 5.39. The van der Waals surface area contributed by atoms with Crippen molar-refractivity contribution in [3.8, 4) is 0 Å². The van der Waals surface area contributed by atoms with Crippen LogP contribution in [0.25, 0.3) is 0 Å². The molecule has 4 nitrogen and oxygen atoms in total. The fourth-order valence-electron chi connectivity index (χ4n) is 1.27. The van der Waals surface area contributed by atoms with Crippen LogP contribution in [0.15, 0.2) is 36.9 Å². The van der Waals surface area contributed by atoms with Crippen molar-refractivity contribution >= 4 is 21.5 Å². The van der Waals surface area contributed by atoms with Crippen molar-refractivity contribution in [2.45, 2.75) is 6.55 Å². The Balaban J connectivity index is 2.88. The summed E-state index contributed by atoms with van der Waals surface area (Å²) in [5.41, 5.74) is 0.439. The molecule has 1 aromatic rings. The Morgan fingerprint density at radius 2 is 1.78 bits per heavy atom. The van der Waals surface area contributed by atoms with Crippen molar-refractivity contribution in [2.24, 2.45) is 0 Å². The second kappa shape index (κ2) is 7.44. The van der Waals surface area contributed by atoms with E-state index in [0.717, 1.165) is 0 Å². The van der Waals surface area contributed by atoms with E-state index in [2.05, 4.69) is 6.58 Å². The maximum atomic E-state index is 11.8. The molecule has 0 fully saturated rings. The molecule has 0 aliphatic carbocycles. The fourth-order valence-corrected chi connectivity index (χ4v) is 1.54. The lowest BCUT2D eigenvalue weighted by Gasteiger charge is -2.08. The summed E-state index contributed by atoms with van der Waals surface area (Å²) in [6.45, 7) is 5.49. The van der Waals surface area contributed by atoms with Crippen LogP contribution in [0.1, 0.15) is 20.7 Å². The van der Waals surface area contributed by atoms with Crippen molar-refractivity contribution in [3.05, 3.63) is 48.0 Å². The molecule has 0 bridgehead atoms. The molecule has 0 saturated heterocycles. The molecule has 0 amide bonds. The van der Waals surface area contributed by atoms with Gasteiger partial charge in [-0.3, -0.25) is 0 Å². The standard InChI is InChI=1S/C13H14O4Si/c1-3-8-16-12(14)10-6-4-5-7-11(10)13(15)17-9-18-2/h3-7H,1,8-9H2,2H3. The predicted octanol–water partition coefficient (Wildman–Crippen LogP) is 1.90. The highest BCUT2D eigenvalue weighted by atomic mass is 28.2. The highest BCUT2D eigenvalue weighted by molar-refractivity contribution is 6.33. The third kappa shape index (κ3) is 3.85. The lowest BCUT2D eigenvalue weighted by molar-refractivity contribution is 0.0513. The second-order valence-corrected chi connectivity index (χ2v) is 4.36. The highest BCUT2D eigenvalue weighted by Crippen LogP contribution is 2.11. The van der Waals surface area contributed by atoms with Crippen LogP contribution in [0.3, 0.4) is 0 Å². The van der Waals surface area contributed by atoms with Gasteiger partial charge in [-0.2, -0.15) is 0 Å². The van der Waals surface area contributed by atoms with Crippen molar-refractivity contribution in [2.75, 3.05) is 12.8 Å². The average Bonchev–Trinajstić information content (AvgIpc) is 2.42. The molecule has 1 rings (SSSR count). The van der Waals surface area contributed by atoms with Gasteiger partial charge in [0.1, 0.15) is 6.61 Å². The fraction of sp³-hybridized carbons (Fsp3) is 0.231. The van der Waals surface area contributed by atoms with Gasteiger partial charge in [-0.05, 0) is 12.1 Å². The van der Waals surface area contributed by atoms with E-state index in [1.54, 1.807) is 18.2 Å². The number of ether oxygens (including phenoxy) is 2. The second-order valence-electron chi connectivity index (χ2n) is 3.36. The van der Waals surface area contributed by atoms with E-state index < -0.39 is 11.9 Å². The Hall–Kier alpha value is -1.88. The van der Waals surface area contributed by atoms with E-state index in [4.69, 9.17) is 9.47 Å². The predicted molar refractivity (Wildman–Crippen MR) is 68.8 cm³/mol. The molecule has 2 radical (unpaired) electrons. The summed E-state index contributed by atoms with van der Waals surface area (Å²) >= 11 is 0. The van der Waals surface area contributed by atoms with E-state index in [1.807, 2.05) is 6.55 Å². The van der Waals surface area contributed by atoms with Crippen LogP contribution in [0.4, 0.5) is 0 Å². The summed E-state index contributed by atoms with van der Waals surface area (Å²) in [5.74, 6) is -1.06. The maximum absolute atomic E-state index is 11.8. The van der Waals surface area contributed by atoms with Crippen molar-refractivity contribution < 1.29 is 19.1 Å². The van der Waals surface area contributed by atoms with Crippen molar-refractivity contribution in [3.63, 3.8) is 0 Å². The lowest BCUT2D eigenvalue weighted by Crippen LogP contribution is -2.15. The maximum Gasteiger partial charge on any atom is 0.339 e. The van der Waals surface area contributed by atoms with Crippen LogP contribution in [-0.2, 0) is 9.47 Å². The molecular weight excluding hydrogens is 248 g/mol. The first-order chi connectivity index (χ1) is 8.70. The van der Waals surface area contributed by atoms with Gasteiger partial charge in [-0.15, -0.1) is 0 Å². The first kappa shape index (κ1) is 14.2. The Morgan fingerprint density at radius 1 is 1.22 bits per heavy atom. The molecule has 0 aromatic heterocycles. The number of rotatable bonds is 6. The van der Waals surface area contributed by atoms with Crippen LogP contribution in [0, 0.1) is 0 Å². The quantitative estimate of drug-likeness (QED) is 0.446. The molecule has 0 saturated carbocycles. The number of benzene rings is 1. The molecule has 0 aliphatic rings. The monoisotopic (exact) mass is 262 g/mol. The third-order valence-electron chi connectivity index (χ3n) is 2.05. The van der Waals surface area contributed by atoms with Crippen LogP contribution < -0.4 is 0 Å². The van der Waals surface area contributed by atoms with E-state index in [1.165, 1.54) is 12.1 Å². The zero-order valence-electron chi connectivity index (χ0n) is 10.1. The number of carbonyl (C=O) groups is 2. The van der Waals surface area contributed by atoms with Gasteiger partial charge in [0.05, 0.1) is 26.9 Å². The summed E-state index contributed by atoms with van der Waals surface area (Å²) in [6.07, 6.45) is 1.83. The van der Waals surface area contributed by atoms with Gasteiger partial charge in [0, 0.05) is 0 Å². The van der Waals surface area contributed by atoms with Gasteiger partial charge < -0.3 is 9.47 Å². The number of hydrogen-bond acceptors (Lipinski definition) is 4. The SMILES string of the molecule is C=CCOC(=O)c1ccccc1C(=O)OC[Si]C. The molecule has 0 N–H and O–H groups in total. The molecule has 0 unspecified atom stereocenters. The van der Waals surface area contributed by atoms with Crippen LogP contribution in [0.2, 0.25) is 6.55 Å². The zero-order chi connectivity index (χ0) is 13.4. The zero-order valence-corrected chi connectivity index (χ0v) is 11.1. The van der Waals surface area contributed by atoms with Gasteiger partial charge >= 0.3 is 11.9 Å². The Bertz CT molecular complexity index is 442. The minimum absolute atomic E-state index is 0.110. The third-order valence-corrected chi connectivity index (χ3v) is 2.48. The van der Waals surface area contributed by atoms with Gasteiger partial charge in [0.25, 0.3) is 0 Å². The molecule has 5 heteroatoms. The van der Waals surface area contributed by atoms with Gasteiger partial charge in [0.2, 0.25) is 0 Å². The number of hydrogen-bond donors (Lipinski definition) is 0. The number of carbonyl (C=O) groups excluding carboxylic acids is 2. The van der Waals surface area contributed by atoms with E-state index in [9.17, 15) is 9.59 Å². The summed E-state index contributed by atoms with van der Waals surface area (Å²) in [7, 11) is 0.515. The van der Waals surface area contributed by atoms with E-state index in [0.29, 0.717) is 15.7 Å². The molecule has 0 spiro atoms. The largest absolute Gasteiger partial charge is 0.466 e. The smallest absolute Gasteiger partial charge is 0.339 e. The lowest BCUT2D eigenvalue weighted by atomic mass is 10.1. The van der Waals surface area contributed by atoms with E-state index >= 15 is 0 Å². The topological polar surface area (TPSA) is 52.6 Å². The minimum atomic E-state index is -0.554. The molecule has 94 valence electrons. The molecule has 0 atom stereocenters. The Labute approximate surface area is 108 Å². The van der Waals surface area contributed by atoms with Gasteiger partial charge in [-0.25, -0.2) is 9.59 Å². The summed E-state index contributed by atoms with van der Waals surface area (Å²) in [6, 6.07) is 6.43. The highest BCUT2D eigenvalue weighted by Gasteiger charge is 2.18. The first-order valence-corrected chi connectivity index (χ1v) is 7.10. The van der Waals surface area contributed by atoms with Gasteiger partial charge in [0.15, 0.2) is 0 Å². The molecule has 1 aromatic carbocycles. The minimum Gasteiger partial charge on any atom is -0.466 e. The van der Waals surface area contributed by atoms with E-state index in [-0.39, 0.29) is 17.7 Å². The van der Waals surface area contributed by atoms with Crippen LogP contribution in [0.5, 0.6) is 0 Å². The number of esters is 2.